The van der Waals surface area contributed by atoms with Crippen LogP contribution in [0.5, 0.6) is 5.75 Å². The van der Waals surface area contributed by atoms with E-state index in [9.17, 15) is 9.59 Å². The zero-order valence-electron chi connectivity index (χ0n) is 28.6. The van der Waals surface area contributed by atoms with Crippen molar-refractivity contribution >= 4 is 18.1 Å². The molecule has 1 aliphatic heterocycles. The zero-order chi connectivity index (χ0) is 33.5. The third-order valence-electron chi connectivity index (χ3n) is 8.64. The van der Waals surface area contributed by atoms with Crippen molar-refractivity contribution in [2.45, 2.75) is 78.6 Å². The first-order valence-corrected chi connectivity index (χ1v) is 16.4. The molecule has 1 unspecified atom stereocenters. The lowest BCUT2D eigenvalue weighted by atomic mass is 9.94. The molecule has 0 radical (unpaired) electrons. The Bertz CT molecular complexity index is 1370. The number of carbonyl (C=O) groups is 2. The molecule has 0 fully saturated rings. The van der Waals surface area contributed by atoms with E-state index in [0.29, 0.717) is 51.6 Å². The highest BCUT2D eigenvalue weighted by atomic mass is 16.5. The summed E-state index contributed by atoms with van der Waals surface area (Å²) < 4.78 is 12.1. The van der Waals surface area contributed by atoms with Gasteiger partial charge in [0.05, 0.1) is 0 Å². The molecular formula is C38H53N3O5. The van der Waals surface area contributed by atoms with Crippen LogP contribution in [0.15, 0.2) is 83.5 Å². The summed E-state index contributed by atoms with van der Waals surface area (Å²) in [6.45, 7) is 14.7. The van der Waals surface area contributed by atoms with E-state index >= 15 is 0 Å². The standard InChI is InChI=1S/C38H53N3O5/c1-7-38(46-28-42,27-40(6)25-30(4)16-17-31(5)37(43)44)21-22-39-24-32-18-19-34-35(41(23-20-32)29(2)3)14-11-15-36(34)45-26-33-12-9-8-10-13-33/h8-17,20,28-29,39H,7,18-19,21-27H2,1-6H3,(H,43,44)/b30-16+,31-17+,32-20?. The minimum atomic E-state index is -0.927. The number of benzene rings is 2. The molecule has 8 nitrogen and oxygen atoms in total. The van der Waals surface area contributed by atoms with Gasteiger partial charge in [0.25, 0.3) is 6.47 Å². The van der Waals surface area contributed by atoms with E-state index in [1.807, 2.05) is 45.2 Å². The Morgan fingerprint density at radius 1 is 1.11 bits per heavy atom. The molecule has 0 saturated heterocycles. The second-order valence-corrected chi connectivity index (χ2v) is 12.7. The van der Waals surface area contributed by atoms with Gasteiger partial charge in [-0.2, -0.15) is 0 Å². The van der Waals surface area contributed by atoms with Gasteiger partial charge in [-0.25, -0.2) is 4.79 Å². The number of hydrogen-bond donors (Lipinski definition) is 2. The summed E-state index contributed by atoms with van der Waals surface area (Å²) in [6, 6.07) is 17.0. The van der Waals surface area contributed by atoms with Crippen LogP contribution in [-0.2, 0) is 27.4 Å². The molecule has 2 aromatic carbocycles. The number of hydrogen-bond acceptors (Lipinski definition) is 7. The molecule has 0 saturated carbocycles. The van der Waals surface area contributed by atoms with Crippen LogP contribution < -0.4 is 15.0 Å². The smallest absolute Gasteiger partial charge is 0.331 e. The first kappa shape index (κ1) is 36.6. The topological polar surface area (TPSA) is 91.3 Å². The second kappa shape index (κ2) is 18.3. The lowest BCUT2D eigenvalue weighted by Crippen LogP contribution is -2.45. The van der Waals surface area contributed by atoms with Crippen LogP contribution in [0.25, 0.3) is 0 Å². The molecule has 0 amide bonds. The number of carbonyl (C=O) groups excluding carboxylic acids is 1. The number of aliphatic carboxylic acids is 1. The van der Waals surface area contributed by atoms with Crippen LogP contribution in [0.3, 0.4) is 0 Å². The van der Waals surface area contributed by atoms with Crippen LogP contribution in [0.2, 0.25) is 0 Å². The molecule has 1 atom stereocenters. The van der Waals surface area contributed by atoms with Gasteiger partial charge in [-0.05, 0) is 78.2 Å². The number of nitrogens with zero attached hydrogens (tertiary/aromatic N) is 2. The summed E-state index contributed by atoms with van der Waals surface area (Å²) in [7, 11) is 1.99. The van der Waals surface area contributed by atoms with Gasteiger partial charge in [0, 0.05) is 55.5 Å². The van der Waals surface area contributed by atoms with Gasteiger partial charge in [0.15, 0.2) is 0 Å². The number of likely N-dealkylation sites (N-methyl/N-ethyl adjacent to an activating group) is 1. The van der Waals surface area contributed by atoms with Gasteiger partial charge >= 0.3 is 5.97 Å². The van der Waals surface area contributed by atoms with Gasteiger partial charge in [-0.3, -0.25) is 9.69 Å². The first-order valence-electron chi connectivity index (χ1n) is 16.4. The average molecular weight is 632 g/mol. The van der Waals surface area contributed by atoms with Gasteiger partial charge < -0.3 is 24.8 Å². The molecule has 1 heterocycles. The predicted octanol–water partition coefficient (Wildman–Crippen LogP) is 6.56. The van der Waals surface area contributed by atoms with Gasteiger partial charge in [-0.1, -0.05) is 72.7 Å². The molecule has 0 aromatic heterocycles. The Morgan fingerprint density at radius 3 is 2.54 bits per heavy atom. The van der Waals surface area contributed by atoms with E-state index in [-0.39, 0.29) is 5.57 Å². The molecule has 2 N–H and O–H groups in total. The number of anilines is 1. The fourth-order valence-corrected chi connectivity index (χ4v) is 5.89. The highest BCUT2D eigenvalue weighted by Crippen LogP contribution is 2.34. The summed E-state index contributed by atoms with van der Waals surface area (Å²) in [5.41, 5.74) is 5.70. The van der Waals surface area contributed by atoms with Gasteiger partial charge in [0.2, 0.25) is 0 Å². The van der Waals surface area contributed by atoms with Crippen molar-refractivity contribution in [1.82, 2.24) is 10.2 Å². The van der Waals surface area contributed by atoms with E-state index in [2.05, 4.69) is 65.4 Å². The van der Waals surface area contributed by atoms with Crippen molar-refractivity contribution in [3.05, 3.63) is 94.6 Å². The highest BCUT2D eigenvalue weighted by Gasteiger charge is 2.31. The fourth-order valence-electron chi connectivity index (χ4n) is 5.89. The molecule has 3 rings (SSSR count). The summed E-state index contributed by atoms with van der Waals surface area (Å²) in [5, 5.41) is 12.7. The number of carboxylic acid groups (broad SMARTS) is 1. The molecule has 0 spiro atoms. The van der Waals surface area contributed by atoms with Crippen molar-refractivity contribution in [2.75, 3.05) is 44.7 Å². The zero-order valence-corrected chi connectivity index (χ0v) is 28.6. The van der Waals surface area contributed by atoms with Gasteiger partial charge in [0.1, 0.15) is 18.0 Å². The van der Waals surface area contributed by atoms with E-state index in [4.69, 9.17) is 14.6 Å². The summed E-state index contributed by atoms with van der Waals surface area (Å²) >= 11 is 0. The first-order chi connectivity index (χ1) is 22.1. The summed E-state index contributed by atoms with van der Waals surface area (Å²) in [4.78, 5) is 27.2. The van der Waals surface area contributed by atoms with Crippen molar-refractivity contribution in [2.24, 2.45) is 0 Å². The largest absolute Gasteiger partial charge is 0.489 e. The van der Waals surface area contributed by atoms with Crippen LogP contribution >= 0.6 is 0 Å². The summed E-state index contributed by atoms with van der Waals surface area (Å²) in [5.74, 6) is 0.0197. The maximum Gasteiger partial charge on any atom is 0.331 e. The van der Waals surface area contributed by atoms with Crippen molar-refractivity contribution in [3.8, 4) is 5.75 Å². The van der Waals surface area contributed by atoms with Crippen LogP contribution in [0.4, 0.5) is 5.69 Å². The fraction of sp³-hybridized carbons (Fsp3) is 0.474. The third-order valence-corrected chi connectivity index (χ3v) is 8.64. The van der Waals surface area contributed by atoms with E-state index < -0.39 is 11.6 Å². The Labute approximate surface area is 275 Å². The number of rotatable bonds is 18. The molecule has 2 aromatic rings. The Balaban J connectivity index is 1.62. The molecule has 0 aliphatic carbocycles. The number of fused-ring (bicyclic) bond motifs is 1. The Morgan fingerprint density at radius 2 is 1.87 bits per heavy atom. The highest BCUT2D eigenvalue weighted by molar-refractivity contribution is 5.86. The van der Waals surface area contributed by atoms with E-state index in [0.717, 1.165) is 42.8 Å². The minimum Gasteiger partial charge on any atom is -0.489 e. The van der Waals surface area contributed by atoms with Crippen LogP contribution in [0, 0.1) is 0 Å². The lowest BCUT2D eigenvalue weighted by molar-refractivity contribution is -0.146. The maximum absolute atomic E-state index is 11.6. The van der Waals surface area contributed by atoms with Crippen LogP contribution in [-0.4, -0.2) is 73.9 Å². The Kier molecular flexibility index (Phi) is 14.6. The quantitative estimate of drug-likeness (QED) is 0.0629. The molecular weight excluding hydrogens is 578 g/mol. The molecule has 0 bridgehead atoms. The Hall–Kier alpha value is -3.88. The number of nitrogens with one attached hydrogen (secondary N) is 1. The molecule has 1 aliphatic rings. The summed E-state index contributed by atoms with van der Waals surface area (Å²) in [6.07, 6.45) is 8.99. The second-order valence-electron chi connectivity index (χ2n) is 12.7. The van der Waals surface area contributed by atoms with Crippen molar-refractivity contribution < 1.29 is 24.2 Å². The monoisotopic (exact) mass is 631 g/mol. The molecule has 46 heavy (non-hydrogen) atoms. The minimum absolute atomic E-state index is 0.289. The van der Waals surface area contributed by atoms with Crippen molar-refractivity contribution in [1.29, 1.82) is 0 Å². The van der Waals surface area contributed by atoms with Crippen LogP contribution in [0.1, 0.15) is 65.0 Å². The van der Waals surface area contributed by atoms with Crippen molar-refractivity contribution in [3.63, 3.8) is 0 Å². The third kappa shape index (κ3) is 11.2. The number of ether oxygens (including phenoxy) is 2. The molecule has 250 valence electrons. The number of allylic oxidation sites excluding steroid dienone is 2. The SMILES string of the molecule is CCC(CCNCC1=CCN(C(C)C)c2cccc(OCc3ccccc3)c2CC1)(CN(C)C/C(C)=C/C=C(\C)C(=O)O)OC=O. The lowest BCUT2D eigenvalue weighted by Gasteiger charge is -2.35. The average Bonchev–Trinajstić information content (AvgIpc) is 3.02. The van der Waals surface area contributed by atoms with Gasteiger partial charge in [-0.15, -0.1) is 0 Å². The van der Waals surface area contributed by atoms with E-state index in [1.165, 1.54) is 16.8 Å². The predicted molar refractivity (Wildman–Crippen MR) is 186 cm³/mol. The normalized spacial score (nSPS) is 15.5. The maximum atomic E-state index is 11.6. The number of carboxylic acids is 1. The molecule has 8 heteroatoms. The van der Waals surface area contributed by atoms with E-state index in [1.54, 1.807) is 13.0 Å².